The second-order valence-electron chi connectivity index (χ2n) is 2.19. The summed E-state index contributed by atoms with van der Waals surface area (Å²) in [6.07, 6.45) is 5.07. The fourth-order valence-electron chi connectivity index (χ4n) is 0.621. The molecule has 0 aromatic heterocycles. The molecule has 0 radical (unpaired) electrons. The molecule has 3 heteroatoms. The van der Waals surface area contributed by atoms with Crippen LogP contribution in [-0.2, 0) is 4.79 Å². The number of halogens is 1. The van der Waals surface area contributed by atoms with Gasteiger partial charge in [0.05, 0.1) is 6.42 Å². The SMILES string of the molecule is C=C(Cl)/C(=C\C=C/C)CC(=O)O. The predicted octanol–water partition coefficient (Wildman–Crippen LogP) is 2.72. The van der Waals surface area contributed by atoms with Crippen LogP contribution < -0.4 is 0 Å². The normalized spacial score (nSPS) is 12.0. The third-order valence-electron chi connectivity index (χ3n) is 1.18. The zero-order valence-corrected chi connectivity index (χ0v) is 7.64. The smallest absolute Gasteiger partial charge is 0.307 e. The van der Waals surface area contributed by atoms with E-state index in [1.54, 1.807) is 18.2 Å². The van der Waals surface area contributed by atoms with E-state index in [-0.39, 0.29) is 11.5 Å². The van der Waals surface area contributed by atoms with Crippen LogP contribution in [0.25, 0.3) is 0 Å². The number of carbonyl (C=O) groups is 1. The van der Waals surface area contributed by atoms with Crippen LogP contribution in [0.3, 0.4) is 0 Å². The maximum Gasteiger partial charge on any atom is 0.307 e. The van der Waals surface area contributed by atoms with Gasteiger partial charge < -0.3 is 5.11 Å². The summed E-state index contributed by atoms with van der Waals surface area (Å²) in [7, 11) is 0. The molecular formula is C9H11ClO2. The van der Waals surface area contributed by atoms with Crippen molar-refractivity contribution in [1.82, 2.24) is 0 Å². The van der Waals surface area contributed by atoms with Gasteiger partial charge in [0.25, 0.3) is 0 Å². The van der Waals surface area contributed by atoms with E-state index in [0.717, 1.165) is 0 Å². The van der Waals surface area contributed by atoms with Gasteiger partial charge in [0.2, 0.25) is 0 Å². The lowest BCUT2D eigenvalue weighted by Crippen LogP contribution is -1.96. The molecule has 0 bridgehead atoms. The third kappa shape index (κ3) is 4.74. The Morgan fingerprint density at radius 2 is 2.25 bits per heavy atom. The van der Waals surface area contributed by atoms with Crippen molar-refractivity contribution in [3.05, 3.63) is 35.4 Å². The quantitative estimate of drug-likeness (QED) is 0.686. The molecule has 0 aromatic rings. The van der Waals surface area contributed by atoms with Crippen LogP contribution >= 0.6 is 11.6 Å². The Bertz CT molecular complexity index is 239. The fourth-order valence-corrected chi connectivity index (χ4v) is 0.750. The lowest BCUT2D eigenvalue weighted by atomic mass is 10.1. The molecular weight excluding hydrogens is 176 g/mol. The van der Waals surface area contributed by atoms with E-state index in [2.05, 4.69) is 6.58 Å². The van der Waals surface area contributed by atoms with Crippen molar-refractivity contribution in [2.45, 2.75) is 13.3 Å². The summed E-state index contributed by atoms with van der Waals surface area (Å²) in [5, 5.41) is 8.74. The van der Waals surface area contributed by atoms with Gasteiger partial charge in [0.15, 0.2) is 0 Å². The molecule has 0 rings (SSSR count). The topological polar surface area (TPSA) is 37.3 Å². The molecule has 0 aliphatic carbocycles. The molecule has 0 amide bonds. The molecule has 0 heterocycles. The number of hydrogen-bond acceptors (Lipinski definition) is 1. The largest absolute Gasteiger partial charge is 0.481 e. The van der Waals surface area contributed by atoms with Crippen molar-refractivity contribution in [2.24, 2.45) is 0 Å². The van der Waals surface area contributed by atoms with Gasteiger partial charge in [-0.3, -0.25) is 4.79 Å². The Hall–Kier alpha value is -1.02. The van der Waals surface area contributed by atoms with E-state index in [0.29, 0.717) is 5.57 Å². The van der Waals surface area contributed by atoms with Crippen LogP contribution in [0.15, 0.2) is 35.4 Å². The first-order chi connectivity index (χ1) is 5.57. The summed E-state index contributed by atoms with van der Waals surface area (Å²) in [6, 6.07) is 0. The minimum Gasteiger partial charge on any atom is -0.481 e. The summed E-state index contributed by atoms with van der Waals surface area (Å²) in [6.45, 7) is 5.30. The monoisotopic (exact) mass is 186 g/mol. The number of allylic oxidation sites excluding steroid dienone is 4. The van der Waals surface area contributed by atoms with Crippen molar-refractivity contribution in [3.63, 3.8) is 0 Å². The molecule has 0 fully saturated rings. The molecule has 0 aromatic carbocycles. The van der Waals surface area contributed by atoms with Gasteiger partial charge in [0, 0.05) is 5.03 Å². The molecule has 0 aliphatic rings. The van der Waals surface area contributed by atoms with Gasteiger partial charge in [-0.05, 0) is 12.5 Å². The lowest BCUT2D eigenvalue weighted by molar-refractivity contribution is -0.136. The summed E-state index contributed by atoms with van der Waals surface area (Å²) >= 11 is 5.56. The Morgan fingerprint density at radius 3 is 2.58 bits per heavy atom. The van der Waals surface area contributed by atoms with Crippen molar-refractivity contribution in [3.8, 4) is 0 Å². The van der Waals surface area contributed by atoms with Crippen LogP contribution in [0.5, 0.6) is 0 Å². The average Bonchev–Trinajstić information content (AvgIpc) is 1.96. The first-order valence-corrected chi connectivity index (χ1v) is 3.84. The first kappa shape index (κ1) is 11.0. The minimum atomic E-state index is -0.910. The predicted molar refractivity (Wildman–Crippen MR) is 50.1 cm³/mol. The Labute approximate surface area is 76.8 Å². The maximum absolute atomic E-state index is 10.3. The van der Waals surface area contributed by atoms with Gasteiger partial charge >= 0.3 is 5.97 Å². The molecule has 0 saturated heterocycles. The van der Waals surface area contributed by atoms with Crippen molar-refractivity contribution in [1.29, 1.82) is 0 Å². The summed E-state index contributed by atoms with van der Waals surface area (Å²) < 4.78 is 0. The van der Waals surface area contributed by atoms with Gasteiger partial charge in [0.1, 0.15) is 0 Å². The van der Waals surface area contributed by atoms with E-state index >= 15 is 0 Å². The number of aliphatic carboxylic acids is 1. The molecule has 0 spiro atoms. The van der Waals surface area contributed by atoms with Gasteiger partial charge in [-0.1, -0.05) is 36.4 Å². The van der Waals surface area contributed by atoms with Gasteiger partial charge in [-0.15, -0.1) is 0 Å². The van der Waals surface area contributed by atoms with Crippen molar-refractivity contribution in [2.75, 3.05) is 0 Å². The zero-order valence-electron chi connectivity index (χ0n) is 6.88. The highest BCUT2D eigenvalue weighted by molar-refractivity contribution is 6.31. The third-order valence-corrected chi connectivity index (χ3v) is 1.42. The Kier molecular flexibility index (Phi) is 5.13. The number of carboxylic acids is 1. The van der Waals surface area contributed by atoms with Crippen molar-refractivity contribution >= 4 is 17.6 Å². The zero-order chi connectivity index (χ0) is 9.56. The van der Waals surface area contributed by atoms with Crippen LogP contribution in [0, 0.1) is 0 Å². The molecule has 0 aliphatic heterocycles. The highest BCUT2D eigenvalue weighted by Crippen LogP contribution is 2.15. The molecule has 12 heavy (non-hydrogen) atoms. The average molecular weight is 187 g/mol. The van der Waals surface area contributed by atoms with Crippen LogP contribution in [0.2, 0.25) is 0 Å². The Morgan fingerprint density at radius 1 is 1.67 bits per heavy atom. The molecule has 0 saturated carbocycles. The number of rotatable bonds is 4. The molecule has 1 N–H and O–H groups in total. The summed E-state index contributed by atoms with van der Waals surface area (Å²) in [4.78, 5) is 10.3. The van der Waals surface area contributed by atoms with E-state index < -0.39 is 5.97 Å². The van der Waals surface area contributed by atoms with Crippen LogP contribution in [-0.4, -0.2) is 11.1 Å². The molecule has 66 valence electrons. The highest BCUT2D eigenvalue weighted by Gasteiger charge is 2.04. The minimum absolute atomic E-state index is 0.0906. The molecule has 0 atom stereocenters. The van der Waals surface area contributed by atoms with E-state index in [4.69, 9.17) is 16.7 Å². The number of carboxylic acid groups (broad SMARTS) is 1. The van der Waals surface area contributed by atoms with Gasteiger partial charge in [-0.25, -0.2) is 0 Å². The van der Waals surface area contributed by atoms with E-state index in [1.807, 2.05) is 6.92 Å². The second kappa shape index (κ2) is 5.61. The second-order valence-corrected chi connectivity index (χ2v) is 2.65. The first-order valence-electron chi connectivity index (χ1n) is 3.46. The summed E-state index contributed by atoms with van der Waals surface area (Å²) in [5.74, 6) is -0.910. The van der Waals surface area contributed by atoms with Crippen LogP contribution in [0.1, 0.15) is 13.3 Å². The van der Waals surface area contributed by atoms with Gasteiger partial charge in [-0.2, -0.15) is 0 Å². The Balaban J connectivity index is 4.43. The molecule has 2 nitrogen and oxygen atoms in total. The maximum atomic E-state index is 10.3. The summed E-state index contributed by atoms with van der Waals surface area (Å²) in [5.41, 5.74) is 0.530. The van der Waals surface area contributed by atoms with E-state index in [9.17, 15) is 4.79 Å². The van der Waals surface area contributed by atoms with E-state index in [1.165, 1.54) is 0 Å². The lowest BCUT2D eigenvalue weighted by Gasteiger charge is -1.98. The van der Waals surface area contributed by atoms with Crippen molar-refractivity contribution < 1.29 is 9.90 Å². The van der Waals surface area contributed by atoms with Crippen LogP contribution in [0.4, 0.5) is 0 Å². The standard InChI is InChI=1S/C9H11ClO2/c1-3-4-5-8(7(2)10)6-9(11)12/h3-5H,2,6H2,1H3,(H,11,12)/b4-3-,8-5-. The highest BCUT2D eigenvalue weighted by atomic mass is 35.5. The molecule has 0 unspecified atom stereocenters. The fraction of sp³-hybridized carbons (Fsp3) is 0.222. The number of hydrogen-bond donors (Lipinski definition) is 1.